The predicted octanol–water partition coefficient (Wildman–Crippen LogP) is 2.66. The molecule has 0 spiro atoms. The summed E-state index contributed by atoms with van der Waals surface area (Å²) < 4.78 is 10.3. The van der Waals surface area contributed by atoms with Gasteiger partial charge in [-0.25, -0.2) is 4.79 Å². The lowest BCUT2D eigenvalue weighted by molar-refractivity contribution is -0.384. The fourth-order valence-corrected chi connectivity index (χ4v) is 1.77. The Morgan fingerprint density at radius 2 is 2.24 bits per heavy atom. The molecule has 0 saturated heterocycles. The van der Waals surface area contributed by atoms with Gasteiger partial charge in [-0.1, -0.05) is 6.07 Å². The minimum absolute atomic E-state index is 0.105. The van der Waals surface area contributed by atoms with Gasteiger partial charge in [0.15, 0.2) is 0 Å². The molecule has 1 heterocycles. The zero-order valence-corrected chi connectivity index (χ0v) is 11.3. The zero-order valence-electron chi connectivity index (χ0n) is 11.3. The van der Waals surface area contributed by atoms with Gasteiger partial charge in [0.1, 0.15) is 5.56 Å². The van der Waals surface area contributed by atoms with E-state index in [1.807, 2.05) is 0 Å². The molecular formula is C13H12N2O6. The molecule has 8 nitrogen and oxygen atoms in total. The van der Waals surface area contributed by atoms with Crippen LogP contribution in [0.4, 0.5) is 5.69 Å². The lowest BCUT2D eigenvalue weighted by atomic mass is 10.1. The van der Waals surface area contributed by atoms with Crippen molar-refractivity contribution in [3.05, 3.63) is 39.6 Å². The predicted molar refractivity (Wildman–Crippen MR) is 71.5 cm³/mol. The molecule has 2 aromatic rings. The second-order valence-electron chi connectivity index (χ2n) is 4.17. The first-order valence-corrected chi connectivity index (χ1v) is 6.06. The fraction of sp³-hybridized carbons (Fsp3) is 0.231. The molecule has 0 saturated carbocycles. The number of carbonyl (C=O) groups is 1. The van der Waals surface area contributed by atoms with E-state index < -0.39 is 16.6 Å². The standard InChI is InChI=1S/C13H12N2O6/c1-3-20-13-10(12(16)17)14-11(21-13)8-6-7(2)4-5-9(8)15(18)19/h4-6H,3H2,1-2H3,(H,16,17). The number of aromatic nitrogens is 1. The summed E-state index contributed by atoms with van der Waals surface area (Å²) in [7, 11) is 0. The third-order valence-electron chi connectivity index (χ3n) is 2.65. The minimum Gasteiger partial charge on any atom is -0.476 e. The largest absolute Gasteiger partial charge is 0.476 e. The molecular weight excluding hydrogens is 280 g/mol. The van der Waals surface area contributed by atoms with E-state index in [-0.39, 0.29) is 29.7 Å². The van der Waals surface area contributed by atoms with Crippen LogP contribution in [0, 0.1) is 17.0 Å². The highest BCUT2D eigenvalue weighted by Gasteiger charge is 2.26. The van der Waals surface area contributed by atoms with Crippen LogP contribution in [0.25, 0.3) is 11.5 Å². The van der Waals surface area contributed by atoms with Gasteiger partial charge < -0.3 is 14.3 Å². The summed E-state index contributed by atoms with van der Waals surface area (Å²) in [5.74, 6) is -1.76. The quantitative estimate of drug-likeness (QED) is 0.665. The van der Waals surface area contributed by atoms with E-state index in [2.05, 4.69) is 4.98 Å². The number of carboxylic acids is 1. The molecule has 1 aromatic carbocycles. The normalized spacial score (nSPS) is 10.4. The molecule has 0 amide bonds. The monoisotopic (exact) mass is 292 g/mol. The van der Waals surface area contributed by atoms with E-state index in [1.54, 1.807) is 19.9 Å². The number of aromatic carboxylic acids is 1. The van der Waals surface area contributed by atoms with Gasteiger partial charge >= 0.3 is 11.9 Å². The summed E-state index contributed by atoms with van der Waals surface area (Å²) in [5.41, 5.74) is 0.224. The number of ether oxygens (including phenoxy) is 1. The van der Waals surface area contributed by atoms with Crippen LogP contribution in [0.15, 0.2) is 22.6 Å². The van der Waals surface area contributed by atoms with Crippen molar-refractivity contribution in [1.82, 2.24) is 4.98 Å². The zero-order chi connectivity index (χ0) is 15.6. The first-order chi connectivity index (χ1) is 9.93. The molecule has 2 rings (SSSR count). The molecule has 0 bridgehead atoms. The highest BCUT2D eigenvalue weighted by atomic mass is 16.6. The van der Waals surface area contributed by atoms with Crippen LogP contribution >= 0.6 is 0 Å². The van der Waals surface area contributed by atoms with Crippen LogP contribution in [0.5, 0.6) is 5.95 Å². The first-order valence-electron chi connectivity index (χ1n) is 6.06. The SMILES string of the molecule is CCOc1oc(-c2cc(C)ccc2[N+](=O)[O-])nc1C(=O)O. The van der Waals surface area contributed by atoms with E-state index in [9.17, 15) is 14.9 Å². The van der Waals surface area contributed by atoms with Crippen molar-refractivity contribution in [2.75, 3.05) is 6.61 Å². The average Bonchev–Trinajstić information content (AvgIpc) is 2.83. The van der Waals surface area contributed by atoms with Crippen molar-refractivity contribution in [2.24, 2.45) is 0 Å². The van der Waals surface area contributed by atoms with Crippen LogP contribution in [0.2, 0.25) is 0 Å². The Bertz CT molecular complexity index is 707. The summed E-state index contributed by atoms with van der Waals surface area (Å²) in [4.78, 5) is 25.3. The third kappa shape index (κ3) is 2.83. The molecule has 0 aliphatic carbocycles. The summed E-state index contributed by atoms with van der Waals surface area (Å²) >= 11 is 0. The number of hydrogen-bond donors (Lipinski definition) is 1. The molecule has 1 N–H and O–H groups in total. The number of carboxylic acid groups (broad SMARTS) is 1. The number of rotatable bonds is 5. The molecule has 0 aliphatic rings. The van der Waals surface area contributed by atoms with E-state index in [0.29, 0.717) is 0 Å². The summed E-state index contributed by atoms with van der Waals surface area (Å²) in [6.07, 6.45) is 0. The number of nitro benzene ring substituents is 1. The number of nitro groups is 1. The van der Waals surface area contributed by atoms with Crippen LogP contribution in [0.1, 0.15) is 23.0 Å². The third-order valence-corrected chi connectivity index (χ3v) is 2.65. The van der Waals surface area contributed by atoms with Crippen molar-refractivity contribution in [3.63, 3.8) is 0 Å². The molecule has 1 aromatic heterocycles. The van der Waals surface area contributed by atoms with E-state index in [0.717, 1.165) is 5.56 Å². The Kier molecular flexibility index (Phi) is 3.88. The maximum Gasteiger partial charge on any atom is 0.362 e. The number of benzene rings is 1. The summed E-state index contributed by atoms with van der Waals surface area (Å²) in [6, 6.07) is 4.40. The number of hydrogen-bond acceptors (Lipinski definition) is 6. The van der Waals surface area contributed by atoms with Gasteiger partial charge in [-0.15, -0.1) is 0 Å². The Labute approximate surface area is 119 Å². The van der Waals surface area contributed by atoms with Crippen LogP contribution in [-0.2, 0) is 0 Å². The average molecular weight is 292 g/mol. The van der Waals surface area contributed by atoms with Gasteiger partial charge in [-0.05, 0) is 25.5 Å². The Hall–Kier alpha value is -2.90. The first kappa shape index (κ1) is 14.5. The van der Waals surface area contributed by atoms with Crippen molar-refractivity contribution >= 4 is 11.7 Å². The van der Waals surface area contributed by atoms with E-state index in [4.69, 9.17) is 14.3 Å². The lowest BCUT2D eigenvalue weighted by Gasteiger charge is -2.00. The fourth-order valence-electron chi connectivity index (χ4n) is 1.77. The van der Waals surface area contributed by atoms with Crippen LogP contribution in [0.3, 0.4) is 0 Å². The topological polar surface area (TPSA) is 116 Å². The van der Waals surface area contributed by atoms with Crippen molar-refractivity contribution in [2.45, 2.75) is 13.8 Å². The van der Waals surface area contributed by atoms with Gasteiger partial charge in [-0.2, -0.15) is 4.98 Å². The summed E-state index contributed by atoms with van der Waals surface area (Å²) in [5, 5.41) is 20.1. The van der Waals surface area contributed by atoms with Crippen LogP contribution in [-0.4, -0.2) is 27.6 Å². The highest BCUT2D eigenvalue weighted by Crippen LogP contribution is 2.34. The Balaban J connectivity index is 2.61. The van der Waals surface area contributed by atoms with Gasteiger partial charge in [0, 0.05) is 6.07 Å². The number of aryl methyl sites for hydroxylation is 1. The minimum atomic E-state index is -1.33. The molecule has 110 valence electrons. The van der Waals surface area contributed by atoms with Crippen molar-refractivity contribution < 1.29 is 24.0 Å². The van der Waals surface area contributed by atoms with E-state index >= 15 is 0 Å². The second kappa shape index (κ2) is 5.61. The Morgan fingerprint density at radius 1 is 1.52 bits per heavy atom. The maximum atomic E-state index is 11.1. The van der Waals surface area contributed by atoms with Gasteiger partial charge in [0.05, 0.1) is 11.5 Å². The summed E-state index contributed by atoms with van der Waals surface area (Å²) in [6.45, 7) is 3.59. The second-order valence-corrected chi connectivity index (χ2v) is 4.17. The van der Waals surface area contributed by atoms with Gasteiger partial charge in [-0.3, -0.25) is 10.1 Å². The highest BCUT2D eigenvalue weighted by molar-refractivity contribution is 5.88. The molecule has 0 fully saturated rings. The molecule has 21 heavy (non-hydrogen) atoms. The number of nitrogens with zero attached hydrogens (tertiary/aromatic N) is 2. The van der Waals surface area contributed by atoms with Crippen molar-refractivity contribution in [1.29, 1.82) is 0 Å². The van der Waals surface area contributed by atoms with Gasteiger partial charge in [0.2, 0.25) is 11.6 Å². The van der Waals surface area contributed by atoms with E-state index in [1.165, 1.54) is 12.1 Å². The molecule has 0 unspecified atom stereocenters. The van der Waals surface area contributed by atoms with Crippen molar-refractivity contribution in [3.8, 4) is 17.4 Å². The molecule has 0 radical (unpaired) electrons. The molecule has 0 aliphatic heterocycles. The van der Waals surface area contributed by atoms with Crippen LogP contribution < -0.4 is 4.74 Å². The number of oxazole rings is 1. The Morgan fingerprint density at radius 3 is 2.81 bits per heavy atom. The lowest BCUT2D eigenvalue weighted by Crippen LogP contribution is -2.01. The maximum absolute atomic E-state index is 11.1. The van der Waals surface area contributed by atoms with Gasteiger partial charge in [0.25, 0.3) is 5.69 Å². The molecule has 0 atom stereocenters. The molecule has 8 heteroatoms. The smallest absolute Gasteiger partial charge is 0.362 e.